The number of hydrogen-bond acceptors (Lipinski definition) is 7. The van der Waals surface area contributed by atoms with Gasteiger partial charge in [0.1, 0.15) is 12.1 Å². The van der Waals surface area contributed by atoms with Crippen molar-refractivity contribution in [2.75, 3.05) is 38.7 Å². The quantitative estimate of drug-likeness (QED) is 0.567. The summed E-state index contributed by atoms with van der Waals surface area (Å²) in [5.74, 6) is 2.01. The van der Waals surface area contributed by atoms with Crippen LogP contribution in [0.2, 0.25) is 0 Å². The van der Waals surface area contributed by atoms with Gasteiger partial charge in [0.25, 0.3) is 0 Å². The van der Waals surface area contributed by atoms with E-state index < -0.39 is 0 Å². The van der Waals surface area contributed by atoms with Crippen molar-refractivity contribution >= 4 is 22.4 Å². The molecule has 30 heavy (non-hydrogen) atoms. The molecule has 0 atom stereocenters. The zero-order valence-corrected chi connectivity index (χ0v) is 17.1. The fourth-order valence-corrected chi connectivity index (χ4v) is 3.68. The standard InChI is InChI=1S/C23H25N5O2/c1-29-21-13-19-20(14-22(21)30-12-4-11-28-9-2-3-10-28)25-16-26-23(19)27-18-7-5-17(15-24)6-8-18/h5-8,13-14,16H,2-4,9-12H2,1H3,(H,25,26,27). The first kappa shape index (κ1) is 19.9. The summed E-state index contributed by atoms with van der Waals surface area (Å²) in [5.41, 5.74) is 2.23. The molecule has 1 N–H and O–H groups in total. The lowest BCUT2D eigenvalue weighted by molar-refractivity contribution is 0.254. The molecule has 0 amide bonds. The van der Waals surface area contributed by atoms with Crippen molar-refractivity contribution in [2.24, 2.45) is 0 Å². The topological polar surface area (TPSA) is 83.3 Å². The molecule has 7 heteroatoms. The molecular formula is C23H25N5O2. The molecule has 0 saturated carbocycles. The van der Waals surface area contributed by atoms with E-state index in [-0.39, 0.29) is 0 Å². The molecule has 1 aliphatic rings. The van der Waals surface area contributed by atoms with Crippen LogP contribution < -0.4 is 14.8 Å². The van der Waals surface area contributed by atoms with Crippen LogP contribution in [0.1, 0.15) is 24.8 Å². The summed E-state index contributed by atoms with van der Waals surface area (Å²) in [5, 5.41) is 13.1. The van der Waals surface area contributed by atoms with Crippen molar-refractivity contribution in [1.82, 2.24) is 14.9 Å². The number of nitriles is 1. The Kier molecular flexibility index (Phi) is 6.26. The maximum atomic E-state index is 8.96. The Morgan fingerprint density at radius 2 is 1.90 bits per heavy atom. The van der Waals surface area contributed by atoms with Crippen LogP contribution in [0.25, 0.3) is 10.9 Å². The summed E-state index contributed by atoms with van der Waals surface area (Å²) in [4.78, 5) is 11.3. The fraction of sp³-hybridized carbons (Fsp3) is 0.348. The molecule has 154 valence electrons. The maximum absolute atomic E-state index is 8.96. The van der Waals surface area contributed by atoms with Gasteiger partial charge in [-0.05, 0) is 62.7 Å². The van der Waals surface area contributed by atoms with Gasteiger partial charge in [0.05, 0.1) is 30.9 Å². The number of fused-ring (bicyclic) bond motifs is 1. The number of ether oxygens (including phenoxy) is 2. The average molecular weight is 403 g/mol. The van der Waals surface area contributed by atoms with Gasteiger partial charge in [0, 0.05) is 23.7 Å². The lowest BCUT2D eigenvalue weighted by Gasteiger charge is -2.16. The van der Waals surface area contributed by atoms with Crippen LogP contribution >= 0.6 is 0 Å². The van der Waals surface area contributed by atoms with Crippen molar-refractivity contribution in [1.29, 1.82) is 5.26 Å². The summed E-state index contributed by atoms with van der Waals surface area (Å²) in [7, 11) is 1.63. The second kappa shape index (κ2) is 9.42. The number of anilines is 2. The molecule has 1 aromatic heterocycles. The lowest BCUT2D eigenvalue weighted by Crippen LogP contribution is -2.21. The summed E-state index contributed by atoms with van der Waals surface area (Å²) < 4.78 is 11.6. The smallest absolute Gasteiger partial charge is 0.163 e. The molecule has 2 heterocycles. The lowest BCUT2D eigenvalue weighted by atomic mass is 10.2. The maximum Gasteiger partial charge on any atom is 0.163 e. The Labute approximate surface area is 176 Å². The van der Waals surface area contributed by atoms with E-state index in [9.17, 15) is 0 Å². The van der Waals surface area contributed by atoms with Gasteiger partial charge in [0.15, 0.2) is 11.5 Å². The third-order valence-electron chi connectivity index (χ3n) is 5.27. The molecule has 1 aliphatic heterocycles. The van der Waals surface area contributed by atoms with E-state index in [0.717, 1.165) is 29.6 Å². The highest BCUT2D eigenvalue weighted by Gasteiger charge is 2.13. The van der Waals surface area contributed by atoms with Crippen molar-refractivity contribution in [3.05, 3.63) is 48.3 Å². The normalized spacial score (nSPS) is 13.9. The van der Waals surface area contributed by atoms with Crippen LogP contribution in [0.15, 0.2) is 42.7 Å². The minimum absolute atomic E-state index is 0.612. The molecule has 0 bridgehead atoms. The number of benzene rings is 2. The Morgan fingerprint density at radius 1 is 1.10 bits per heavy atom. The number of rotatable bonds is 8. The first-order chi connectivity index (χ1) is 14.8. The van der Waals surface area contributed by atoms with Gasteiger partial charge in [-0.2, -0.15) is 5.26 Å². The van der Waals surface area contributed by atoms with Gasteiger partial charge in [-0.15, -0.1) is 0 Å². The van der Waals surface area contributed by atoms with Crippen molar-refractivity contribution in [3.63, 3.8) is 0 Å². The van der Waals surface area contributed by atoms with Crippen molar-refractivity contribution in [3.8, 4) is 17.6 Å². The highest BCUT2D eigenvalue weighted by Crippen LogP contribution is 2.34. The van der Waals surface area contributed by atoms with E-state index in [1.165, 1.54) is 32.3 Å². The summed E-state index contributed by atoms with van der Waals surface area (Å²) in [6.45, 7) is 4.10. The SMILES string of the molecule is COc1cc2c(Nc3ccc(C#N)cc3)ncnc2cc1OCCCN1CCCC1. The van der Waals surface area contributed by atoms with Crippen molar-refractivity contribution < 1.29 is 9.47 Å². The van der Waals surface area contributed by atoms with Crippen molar-refractivity contribution in [2.45, 2.75) is 19.3 Å². The largest absolute Gasteiger partial charge is 0.493 e. The predicted octanol–water partition coefficient (Wildman–Crippen LogP) is 4.12. The molecule has 3 aromatic rings. The molecule has 0 aliphatic carbocycles. The molecule has 2 aromatic carbocycles. The molecule has 0 unspecified atom stereocenters. The second-order valence-electron chi connectivity index (χ2n) is 7.31. The summed E-state index contributed by atoms with van der Waals surface area (Å²) in [6.07, 6.45) is 5.12. The average Bonchev–Trinajstić information content (AvgIpc) is 3.30. The molecule has 4 rings (SSSR count). The van der Waals surface area contributed by atoms with Crippen LogP contribution in [0, 0.1) is 11.3 Å². The van der Waals surface area contributed by atoms with Gasteiger partial charge >= 0.3 is 0 Å². The monoisotopic (exact) mass is 403 g/mol. The van der Waals surface area contributed by atoms with E-state index in [0.29, 0.717) is 29.5 Å². The Balaban J connectivity index is 1.50. The molecule has 7 nitrogen and oxygen atoms in total. The second-order valence-corrected chi connectivity index (χ2v) is 7.31. The van der Waals surface area contributed by atoms with Crippen LogP contribution in [0.3, 0.4) is 0 Å². The van der Waals surface area contributed by atoms with E-state index in [4.69, 9.17) is 14.7 Å². The first-order valence-electron chi connectivity index (χ1n) is 10.2. The highest BCUT2D eigenvalue weighted by atomic mass is 16.5. The third-order valence-corrected chi connectivity index (χ3v) is 5.27. The number of methoxy groups -OCH3 is 1. The van der Waals surface area contributed by atoms with Crippen LogP contribution in [-0.4, -0.2) is 48.2 Å². The van der Waals surface area contributed by atoms with Gasteiger partial charge in [0.2, 0.25) is 0 Å². The van der Waals surface area contributed by atoms with Crippen LogP contribution in [-0.2, 0) is 0 Å². The number of hydrogen-bond donors (Lipinski definition) is 1. The Morgan fingerprint density at radius 3 is 2.63 bits per heavy atom. The molecule has 0 spiro atoms. The first-order valence-corrected chi connectivity index (χ1v) is 10.2. The number of nitrogens with zero attached hydrogens (tertiary/aromatic N) is 4. The van der Waals surface area contributed by atoms with Crippen LogP contribution in [0.4, 0.5) is 11.5 Å². The minimum atomic E-state index is 0.612. The highest BCUT2D eigenvalue weighted by molar-refractivity contribution is 5.93. The molecule has 1 fully saturated rings. The predicted molar refractivity (Wildman–Crippen MR) is 116 cm³/mol. The molecular weight excluding hydrogens is 378 g/mol. The van der Waals surface area contributed by atoms with Gasteiger partial charge in [-0.1, -0.05) is 0 Å². The Bertz CT molecular complexity index is 1040. The van der Waals surface area contributed by atoms with E-state index in [1.54, 1.807) is 19.2 Å². The Hall–Kier alpha value is -3.37. The van der Waals surface area contributed by atoms with E-state index >= 15 is 0 Å². The fourth-order valence-electron chi connectivity index (χ4n) is 3.68. The minimum Gasteiger partial charge on any atom is -0.493 e. The van der Waals surface area contributed by atoms with Gasteiger partial charge in [-0.25, -0.2) is 9.97 Å². The number of nitrogens with one attached hydrogen (secondary N) is 1. The summed E-state index contributed by atoms with van der Waals surface area (Å²) >= 11 is 0. The zero-order valence-electron chi connectivity index (χ0n) is 17.1. The van der Waals surface area contributed by atoms with Gasteiger partial charge < -0.3 is 19.7 Å². The van der Waals surface area contributed by atoms with Crippen LogP contribution in [0.5, 0.6) is 11.5 Å². The number of aromatic nitrogens is 2. The van der Waals surface area contributed by atoms with Gasteiger partial charge in [-0.3, -0.25) is 0 Å². The third kappa shape index (κ3) is 4.61. The molecule has 0 radical (unpaired) electrons. The van der Waals surface area contributed by atoms with E-state index in [1.807, 2.05) is 24.3 Å². The van der Waals surface area contributed by atoms with E-state index in [2.05, 4.69) is 26.3 Å². The number of likely N-dealkylation sites (tertiary alicyclic amines) is 1. The molecule has 1 saturated heterocycles. The zero-order chi connectivity index (χ0) is 20.8. The summed E-state index contributed by atoms with van der Waals surface area (Å²) in [6, 6.07) is 13.1.